The van der Waals surface area contributed by atoms with E-state index in [0.717, 1.165) is 38.5 Å². The summed E-state index contributed by atoms with van der Waals surface area (Å²) in [6.45, 7) is 16.6. The predicted octanol–water partition coefficient (Wildman–Crippen LogP) is 8.34. The smallest absolute Gasteiger partial charge is 0.335 e. The summed E-state index contributed by atoms with van der Waals surface area (Å²) in [5.41, 5.74) is 2.88. The van der Waals surface area contributed by atoms with Crippen LogP contribution in [0.25, 0.3) is 0 Å². The third-order valence-electron chi connectivity index (χ3n) is 10.7. The number of unbranched alkanes of at least 4 members (excludes halogenated alkanes) is 3. The maximum Gasteiger partial charge on any atom is 0.335 e. The second kappa shape index (κ2) is 11.8. The molecule has 4 nitrogen and oxygen atoms in total. The molecule has 0 heterocycles. The van der Waals surface area contributed by atoms with Gasteiger partial charge in [0.05, 0.1) is 0 Å². The molecular formula is C34H48O4. The molecule has 2 fully saturated rings. The molecule has 1 aromatic rings. The van der Waals surface area contributed by atoms with Gasteiger partial charge in [-0.1, -0.05) is 72.6 Å². The average molecular weight is 521 g/mol. The summed E-state index contributed by atoms with van der Waals surface area (Å²) in [5.74, 6) is 1.86. The zero-order chi connectivity index (χ0) is 27.5. The number of rotatable bonds is 11. The van der Waals surface area contributed by atoms with Gasteiger partial charge >= 0.3 is 11.9 Å². The van der Waals surface area contributed by atoms with Crippen molar-refractivity contribution in [3.05, 3.63) is 54.6 Å². The zero-order valence-electron chi connectivity index (χ0n) is 24.1. The minimum absolute atomic E-state index is 0.0295. The Hall–Kier alpha value is -2.36. The van der Waals surface area contributed by atoms with Crippen molar-refractivity contribution in [1.82, 2.24) is 0 Å². The Labute approximate surface area is 230 Å². The molecule has 1 aromatic carbocycles. The van der Waals surface area contributed by atoms with Crippen LogP contribution in [0.2, 0.25) is 0 Å². The maximum absolute atomic E-state index is 12.6. The van der Waals surface area contributed by atoms with Gasteiger partial charge in [0.1, 0.15) is 11.9 Å². The normalized spacial score (nSPS) is 33.4. The summed E-state index contributed by atoms with van der Waals surface area (Å²) in [6.07, 6.45) is 15.2. The molecule has 2 saturated carbocycles. The summed E-state index contributed by atoms with van der Waals surface area (Å²) in [7, 11) is 0. The van der Waals surface area contributed by atoms with Gasteiger partial charge in [0.25, 0.3) is 0 Å². The zero-order valence-corrected chi connectivity index (χ0v) is 24.1. The van der Waals surface area contributed by atoms with Crippen molar-refractivity contribution in [2.75, 3.05) is 0 Å². The molecule has 0 saturated heterocycles. The molecule has 0 radical (unpaired) electrons. The van der Waals surface area contributed by atoms with Gasteiger partial charge in [0, 0.05) is 23.5 Å². The molecule has 7 atom stereocenters. The lowest BCUT2D eigenvalue weighted by Crippen LogP contribution is -2.48. The van der Waals surface area contributed by atoms with E-state index in [1.165, 1.54) is 55.4 Å². The fourth-order valence-corrected chi connectivity index (χ4v) is 9.30. The van der Waals surface area contributed by atoms with Crippen molar-refractivity contribution in [2.45, 2.75) is 110 Å². The Morgan fingerprint density at radius 3 is 2.47 bits per heavy atom. The molecule has 0 N–H and O–H groups in total. The lowest BCUT2D eigenvalue weighted by Gasteiger charge is -2.55. The van der Waals surface area contributed by atoms with Gasteiger partial charge in [-0.15, -0.1) is 0 Å². The Bertz CT molecular complexity index is 1040. The Morgan fingerprint density at radius 2 is 1.82 bits per heavy atom. The maximum atomic E-state index is 12.6. The first-order chi connectivity index (χ1) is 18.3. The van der Waals surface area contributed by atoms with Crippen LogP contribution < -0.4 is 4.74 Å². The quantitative estimate of drug-likeness (QED) is 0.127. The fraction of sp³-hybridized carbons (Fsp3) is 0.647. The first-order valence-corrected chi connectivity index (χ1v) is 15.1. The van der Waals surface area contributed by atoms with Crippen molar-refractivity contribution < 1.29 is 19.1 Å². The topological polar surface area (TPSA) is 52.6 Å². The SMILES string of the molecule is C=CC(=O)Oc1ccc2c(c1)CC[C@@H]1[C@@H]2CC[C@]2(C)C(OC(=O)C=C)C(CC)C(CC)(CCCCCC)[C@@H]12. The van der Waals surface area contributed by atoms with Gasteiger partial charge in [-0.25, -0.2) is 9.59 Å². The van der Waals surface area contributed by atoms with E-state index in [1.807, 2.05) is 6.07 Å². The first-order valence-electron chi connectivity index (χ1n) is 15.1. The third-order valence-corrected chi connectivity index (χ3v) is 10.7. The molecule has 3 aliphatic carbocycles. The number of ether oxygens (including phenoxy) is 2. The lowest BCUT2D eigenvalue weighted by molar-refractivity contribution is -0.154. The Kier molecular flexibility index (Phi) is 8.89. The van der Waals surface area contributed by atoms with Crippen LogP contribution in [0.15, 0.2) is 43.5 Å². The van der Waals surface area contributed by atoms with Gasteiger partial charge in [0.15, 0.2) is 0 Å². The van der Waals surface area contributed by atoms with E-state index < -0.39 is 5.97 Å². The second-order valence-electron chi connectivity index (χ2n) is 12.3. The number of esters is 2. The Morgan fingerprint density at radius 1 is 1.05 bits per heavy atom. The largest absolute Gasteiger partial charge is 0.458 e. The minimum Gasteiger partial charge on any atom is -0.458 e. The van der Waals surface area contributed by atoms with E-state index in [2.05, 4.69) is 53.0 Å². The van der Waals surface area contributed by atoms with Crippen LogP contribution in [-0.2, 0) is 20.7 Å². The van der Waals surface area contributed by atoms with E-state index in [1.54, 1.807) is 0 Å². The minimum atomic E-state index is -0.417. The van der Waals surface area contributed by atoms with Gasteiger partial charge in [-0.05, 0) is 91.4 Å². The summed E-state index contributed by atoms with van der Waals surface area (Å²) >= 11 is 0. The van der Waals surface area contributed by atoms with Crippen LogP contribution in [0.1, 0.15) is 109 Å². The van der Waals surface area contributed by atoms with Gasteiger partial charge in [0.2, 0.25) is 0 Å². The van der Waals surface area contributed by atoms with Crippen LogP contribution in [-0.4, -0.2) is 18.0 Å². The number of aryl methyl sites for hydroxylation is 1. The lowest BCUT2D eigenvalue weighted by atomic mass is 9.49. The molecule has 4 heteroatoms. The van der Waals surface area contributed by atoms with Crippen LogP contribution in [0.3, 0.4) is 0 Å². The number of hydrogen-bond acceptors (Lipinski definition) is 4. The molecule has 4 rings (SSSR count). The summed E-state index contributed by atoms with van der Waals surface area (Å²) in [4.78, 5) is 24.4. The summed E-state index contributed by atoms with van der Waals surface area (Å²) < 4.78 is 11.8. The molecule has 3 unspecified atom stereocenters. The average Bonchev–Trinajstić information content (AvgIpc) is 3.14. The number of carbonyl (C=O) groups is 2. The van der Waals surface area contributed by atoms with Crippen LogP contribution >= 0.6 is 0 Å². The number of benzene rings is 1. The van der Waals surface area contributed by atoms with Gasteiger partial charge < -0.3 is 9.47 Å². The highest BCUT2D eigenvalue weighted by Crippen LogP contribution is 2.72. The molecule has 38 heavy (non-hydrogen) atoms. The molecule has 208 valence electrons. The first kappa shape index (κ1) is 28.6. The van der Waals surface area contributed by atoms with E-state index in [9.17, 15) is 9.59 Å². The molecule has 0 spiro atoms. The van der Waals surface area contributed by atoms with E-state index >= 15 is 0 Å². The van der Waals surface area contributed by atoms with E-state index in [0.29, 0.717) is 29.4 Å². The fourth-order valence-electron chi connectivity index (χ4n) is 9.30. The van der Waals surface area contributed by atoms with Crippen molar-refractivity contribution in [2.24, 2.45) is 28.6 Å². The van der Waals surface area contributed by atoms with Crippen molar-refractivity contribution in [1.29, 1.82) is 0 Å². The Balaban J connectivity index is 1.74. The van der Waals surface area contributed by atoms with Gasteiger partial charge in [-0.2, -0.15) is 0 Å². The highest BCUT2D eigenvalue weighted by atomic mass is 16.5. The molecule has 0 aromatic heterocycles. The van der Waals surface area contributed by atoms with Crippen LogP contribution in [0, 0.1) is 28.6 Å². The summed E-state index contributed by atoms with van der Waals surface area (Å²) in [6, 6.07) is 6.22. The predicted molar refractivity (Wildman–Crippen MR) is 153 cm³/mol. The molecule has 0 bridgehead atoms. The number of carbonyl (C=O) groups excluding carboxylic acids is 2. The van der Waals surface area contributed by atoms with Crippen LogP contribution in [0.5, 0.6) is 5.75 Å². The highest BCUT2D eigenvalue weighted by Gasteiger charge is 2.68. The van der Waals surface area contributed by atoms with E-state index in [-0.39, 0.29) is 22.9 Å². The molecular weight excluding hydrogens is 472 g/mol. The second-order valence-corrected chi connectivity index (χ2v) is 12.3. The monoisotopic (exact) mass is 520 g/mol. The van der Waals surface area contributed by atoms with Crippen LogP contribution in [0.4, 0.5) is 0 Å². The standard InChI is InChI=1S/C34H48O4/c1-7-12-13-14-20-34(11-5)28(8-2)32(38-30(36)10-4)33(6)21-19-26-25-18-16-24(37-29(35)9-3)22-23(25)15-17-27(26)31(33)34/h9-10,16,18,22,26-28,31-32H,3-4,7-8,11-15,17,19-21H2,1-2,5-6H3/t26-,27-,28?,31+,32?,33+,34?/m1/s1. The van der Waals surface area contributed by atoms with Crippen molar-refractivity contribution >= 4 is 11.9 Å². The summed E-state index contributed by atoms with van der Waals surface area (Å²) in [5, 5.41) is 0. The molecule has 0 aliphatic heterocycles. The number of hydrogen-bond donors (Lipinski definition) is 0. The molecule has 0 amide bonds. The van der Waals surface area contributed by atoms with Gasteiger partial charge in [-0.3, -0.25) is 0 Å². The molecule has 3 aliphatic rings. The van der Waals surface area contributed by atoms with Crippen molar-refractivity contribution in [3.8, 4) is 5.75 Å². The van der Waals surface area contributed by atoms with E-state index in [4.69, 9.17) is 9.47 Å². The number of fused-ring (bicyclic) bond motifs is 5. The third kappa shape index (κ3) is 4.89. The highest BCUT2D eigenvalue weighted by molar-refractivity contribution is 5.83. The van der Waals surface area contributed by atoms with Crippen molar-refractivity contribution in [3.63, 3.8) is 0 Å².